The lowest BCUT2D eigenvalue weighted by Gasteiger charge is -2.03. The molecule has 2 aromatic carbocycles. The highest BCUT2D eigenvalue weighted by Crippen LogP contribution is 2.24. The molecule has 2 nitrogen and oxygen atoms in total. The minimum absolute atomic E-state index is 0.387. The highest BCUT2D eigenvalue weighted by molar-refractivity contribution is 9.10. The van der Waals surface area contributed by atoms with Crippen molar-refractivity contribution >= 4 is 33.6 Å². The van der Waals surface area contributed by atoms with Gasteiger partial charge >= 0.3 is 0 Å². The molecule has 0 saturated heterocycles. The molecule has 0 unspecified atom stereocenters. The molecule has 1 amide bonds. The summed E-state index contributed by atoms with van der Waals surface area (Å²) in [5, 5.41) is 0. The molecule has 4 heteroatoms. The molecule has 0 atom stereocenters. The molecule has 0 heterocycles. The number of primary amides is 1. The van der Waals surface area contributed by atoms with Crippen LogP contribution in [0.15, 0.2) is 57.9 Å². The van der Waals surface area contributed by atoms with Crippen molar-refractivity contribution in [3.05, 3.63) is 64.1 Å². The summed E-state index contributed by atoms with van der Waals surface area (Å²) >= 11 is 5.17. The fourth-order valence-corrected chi connectivity index (χ4v) is 2.58. The van der Waals surface area contributed by atoms with Crippen LogP contribution in [-0.2, 0) is 5.75 Å². The van der Waals surface area contributed by atoms with Crippen molar-refractivity contribution in [2.75, 3.05) is 0 Å². The number of thioether (sulfide) groups is 1. The van der Waals surface area contributed by atoms with Gasteiger partial charge in [-0.05, 0) is 42.0 Å². The van der Waals surface area contributed by atoms with E-state index in [1.807, 2.05) is 24.3 Å². The van der Waals surface area contributed by atoms with E-state index < -0.39 is 0 Å². The van der Waals surface area contributed by atoms with Gasteiger partial charge in [-0.15, -0.1) is 11.8 Å². The Morgan fingerprint density at radius 1 is 1.06 bits per heavy atom. The molecule has 0 fully saturated rings. The van der Waals surface area contributed by atoms with E-state index in [0.29, 0.717) is 5.56 Å². The predicted octanol–water partition coefficient (Wildman–Crippen LogP) is 3.84. The number of nitrogens with two attached hydrogens (primary N) is 1. The summed E-state index contributed by atoms with van der Waals surface area (Å²) in [5.74, 6) is 0.489. The normalized spacial score (nSPS) is 10.3. The standard InChI is InChI=1S/C14H12BrNOS/c15-12-5-7-13(8-6-12)18-9-10-1-3-11(4-2-10)14(16)17/h1-8H,9H2,(H2,16,17). The maximum absolute atomic E-state index is 10.9. The molecular weight excluding hydrogens is 310 g/mol. The third-order valence-electron chi connectivity index (χ3n) is 2.46. The molecular formula is C14H12BrNOS. The fraction of sp³-hybridized carbons (Fsp3) is 0.0714. The van der Waals surface area contributed by atoms with Gasteiger partial charge in [-0.25, -0.2) is 0 Å². The van der Waals surface area contributed by atoms with Crippen molar-refractivity contribution in [2.45, 2.75) is 10.6 Å². The fourth-order valence-electron chi connectivity index (χ4n) is 1.46. The number of carbonyl (C=O) groups excluding carboxylic acids is 1. The van der Waals surface area contributed by atoms with E-state index in [9.17, 15) is 4.79 Å². The van der Waals surface area contributed by atoms with Gasteiger partial charge in [0.25, 0.3) is 0 Å². The summed E-state index contributed by atoms with van der Waals surface area (Å²) < 4.78 is 1.08. The van der Waals surface area contributed by atoms with Crippen LogP contribution in [0.25, 0.3) is 0 Å². The first-order chi connectivity index (χ1) is 8.65. The average molecular weight is 322 g/mol. The van der Waals surface area contributed by atoms with Gasteiger partial charge in [0.2, 0.25) is 5.91 Å². The van der Waals surface area contributed by atoms with Gasteiger partial charge in [-0.3, -0.25) is 4.79 Å². The van der Waals surface area contributed by atoms with Crippen LogP contribution in [0, 0.1) is 0 Å². The second kappa shape index (κ2) is 6.07. The Hall–Kier alpha value is -1.26. The zero-order valence-corrected chi connectivity index (χ0v) is 12.0. The van der Waals surface area contributed by atoms with E-state index in [1.165, 1.54) is 10.5 Å². The number of rotatable bonds is 4. The second-order valence-electron chi connectivity index (χ2n) is 3.80. The molecule has 18 heavy (non-hydrogen) atoms. The van der Waals surface area contributed by atoms with Gasteiger partial charge < -0.3 is 5.73 Å². The molecule has 0 aliphatic carbocycles. The topological polar surface area (TPSA) is 43.1 Å². The molecule has 0 radical (unpaired) electrons. The molecule has 0 aliphatic rings. The van der Waals surface area contributed by atoms with E-state index in [-0.39, 0.29) is 5.91 Å². The Morgan fingerprint density at radius 3 is 2.22 bits per heavy atom. The van der Waals surface area contributed by atoms with Crippen LogP contribution in [-0.4, -0.2) is 5.91 Å². The van der Waals surface area contributed by atoms with Crippen molar-refractivity contribution in [2.24, 2.45) is 5.73 Å². The van der Waals surface area contributed by atoms with Gasteiger partial charge in [0.15, 0.2) is 0 Å². The maximum Gasteiger partial charge on any atom is 0.248 e. The smallest absolute Gasteiger partial charge is 0.248 e. The van der Waals surface area contributed by atoms with Crippen LogP contribution in [0.4, 0.5) is 0 Å². The summed E-state index contributed by atoms with van der Waals surface area (Å²) in [6, 6.07) is 15.6. The lowest BCUT2D eigenvalue weighted by Crippen LogP contribution is -2.10. The van der Waals surface area contributed by atoms with Crippen molar-refractivity contribution < 1.29 is 4.79 Å². The summed E-state index contributed by atoms with van der Waals surface area (Å²) in [6.45, 7) is 0. The Bertz CT molecular complexity index is 537. The van der Waals surface area contributed by atoms with E-state index in [1.54, 1.807) is 23.9 Å². The van der Waals surface area contributed by atoms with Crippen molar-refractivity contribution in [1.29, 1.82) is 0 Å². The Morgan fingerprint density at radius 2 is 1.67 bits per heavy atom. The van der Waals surface area contributed by atoms with Gasteiger partial charge in [0.05, 0.1) is 0 Å². The maximum atomic E-state index is 10.9. The first-order valence-electron chi connectivity index (χ1n) is 5.42. The minimum Gasteiger partial charge on any atom is -0.366 e. The highest BCUT2D eigenvalue weighted by Gasteiger charge is 2.00. The third kappa shape index (κ3) is 3.62. The SMILES string of the molecule is NC(=O)c1ccc(CSc2ccc(Br)cc2)cc1. The first kappa shape index (κ1) is 13.2. The highest BCUT2D eigenvalue weighted by atomic mass is 79.9. The first-order valence-corrected chi connectivity index (χ1v) is 7.20. The molecule has 92 valence electrons. The number of hydrogen-bond acceptors (Lipinski definition) is 2. The van der Waals surface area contributed by atoms with Gasteiger partial charge in [-0.2, -0.15) is 0 Å². The van der Waals surface area contributed by atoms with E-state index in [0.717, 1.165) is 10.2 Å². The van der Waals surface area contributed by atoms with Crippen molar-refractivity contribution in [1.82, 2.24) is 0 Å². The summed E-state index contributed by atoms with van der Waals surface area (Å²) in [4.78, 5) is 12.2. The Balaban J connectivity index is 1.97. The van der Waals surface area contributed by atoms with Crippen molar-refractivity contribution in [3.8, 4) is 0 Å². The molecule has 2 rings (SSSR count). The van der Waals surface area contributed by atoms with Crippen molar-refractivity contribution in [3.63, 3.8) is 0 Å². The zero-order valence-electron chi connectivity index (χ0n) is 9.60. The Labute approximate surface area is 119 Å². The molecule has 0 spiro atoms. The summed E-state index contributed by atoms with van der Waals surface area (Å²) in [6.07, 6.45) is 0. The lowest BCUT2D eigenvalue weighted by molar-refractivity contribution is 0.100. The van der Waals surface area contributed by atoms with Gasteiger partial charge in [0, 0.05) is 20.7 Å². The molecule has 0 aromatic heterocycles. The largest absolute Gasteiger partial charge is 0.366 e. The average Bonchev–Trinajstić information content (AvgIpc) is 2.38. The number of halogens is 1. The number of hydrogen-bond donors (Lipinski definition) is 1. The van der Waals surface area contributed by atoms with Gasteiger partial charge in [-0.1, -0.05) is 28.1 Å². The minimum atomic E-state index is -0.387. The Kier molecular flexibility index (Phi) is 4.44. The van der Waals surface area contributed by atoms with Crippen LogP contribution in [0.5, 0.6) is 0 Å². The van der Waals surface area contributed by atoms with E-state index in [4.69, 9.17) is 5.73 Å². The second-order valence-corrected chi connectivity index (χ2v) is 5.77. The molecule has 0 bridgehead atoms. The van der Waals surface area contributed by atoms with Crippen LogP contribution in [0.2, 0.25) is 0 Å². The lowest BCUT2D eigenvalue weighted by atomic mass is 10.1. The number of amides is 1. The predicted molar refractivity (Wildman–Crippen MR) is 78.7 cm³/mol. The third-order valence-corrected chi connectivity index (χ3v) is 4.07. The van der Waals surface area contributed by atoms with Crippen LogP contribution >= 0.6 is 27.7 Å². The molecule has 0 aliphatic heterocycles. The summed E-state index contributed by atoms with van der Waals surface area (Å²) in [7, 11) is 0. The van der Waals surface area contributed by atoms with Crippen LogP contribution in [0.3, 0.4) is 0 Å². The van der Waals surface area contributed by atoms with E-state index in [2.05, 4.69) is 28.1 Å². The van der Waals surface area contributed by atoms with E-state index >= 15 is 0 Å². The molecule has 2 aromatic rings. The molecule has 2 N–H and O–H groups in total. The van der Waals surface area contributed by atoms with Crippen LogP contribution in [0.1, 0.15) is 15.9 Å². The molecule has 0 saturated carbocycles. The van der Waals surface area contributed by atoms with Gasteiger partial charge in [0.1, 0.15) is 0 Å². The quantitative estimate of drug-likeness (QED) is 0.869. The number of carbonyl (C=O) groups is 1. The number of benzene rings is 2. The zero-order chi connectivity index (χ0) is 13.0. The monoisotopic (exact) mass is 321 g/mol. The summed E-state index contributed by atoms with van der Waals surface area (Å²) in [5.41, 5.74) is 6.92. The van der Waals surface area contributed by atoms with Crippen LogP contribution < -0.4 is 5.73 Å².